The number of carbonyl (C=O) groups excluding carboxylic acids is 1. The highest BCUT2D eigenvalue weighted by molar-refractivity contribution is 6.30. The first-order valence-electron chi connectivity index (χ1n) is 5.53. The molecular weight excluding hydrogens is 242 g/mol. The summed E-state index contributed by atoms with van der Waals surface area (Å²) in [5, 5.41) is 3.86. The number of anilines is 1. The highest BCUT2D eigenvalue weighted by atomic mass is 35.5. The molecule has 0 saturated heterocycles. The zero-order valence-corrected chi connectivity index (χ0v) is 10.3. The van der Waals surface area contributed by atoms with E-state index in [2.05, 4.69) is 5.32 Å². The van der Waals surface area contributed by atoms with Crippen molar-refractivity contribution in [1.29, 1.82) is 0 Å². The van der Waals surface area contributed by atoms with Crippen molar-refractivity contribution in [2.75, 3.05) is 18.5 Å². The van der Waals surface area contributed by atoms with Crippen molar-refractivity contribution in [2.24, 2.45) is 0 Å². The van der Waals surface area contributed by atoms with Crippen LogP contribution in [0.1, 0.15) is 13.3 Å². The zero-order valence-electron chi connectivity index (χ0n) is 9.53. The van der Waals surface area contributed by atoms with Crippen molar-refractivity contribution >= 4 is 23.3 Å². The molecule has 92 valence electrons. The third-order valence-electron chi connectivity index (χ3n) is 2.46. The fourth-order valence-electron chi connectivity index (χ4n) is 1.72. The molecule has 0 saturated carbocycles. The minimum Gasteiger partial charge on any atom is -0.489 e. The van der Waals surface area contributed by atoms with Crippen LogP contribution in [0.4, 0.5) is 5.69 Å². The van der Waals surface area contributed by atoms with Gasteiger partial charge in [-0.25, -0.2) is 0 Å². The highest BCUT2D eigenvalue weighted by Crippen LogP contribution is 2.32. The molecule has 0 unspecified atom stereocenters. The number of fused-ring (bicyclic) bond motifs is 1. The molecule has 1 N–H and O–H groups in total. The second-order valence-electron chi connectivity index (χ2n) is 3.80. The summed E-state index contributed by atoms with van der Waals surface area (Å²) in [4.78, 5) is 11.3. The minimum absolute atomic E-state index is 0.0530. The Morgan fingerprint density at radius 1 is 1.65 bits per heavy atom. The van der Waals surface area contributed by atoms with Crippen LogP contribution in [0.5, 0.6) is 5.75 Å². The molecule has 17 heavy (non-hydrogen) atoms. The molecule has 1 atom stereocenters. The van der Waals surface area contributed by atoms with Crippen LogP contribution in [0.3, 0.4) is 0 Å². The Hall–Kier alpha value is -1.42. The first-order chi connectivity index (χ1) is 8.19. The van der Waals surface area contributed by atoms with Gasteiger partial charge >= 0.3 is 5.97 Å². The standard InChI is InChI=1S/C12H14ClNO3/c1-2-16-12(15)6-9-7-17-11-5-8(13)3-4-10(11)14-9/h3-5,9,14H,2,6-7H2,1H3/t9-/m0/s1. The molecule has 1 aromatic rings. The number of esters is 1. The van der Waals surface area contributed by atoms with Crippen LogP contribution in [0.15, 0.2) is 18.2 Å². The SMILES string of the molecule is CCOC(=O)C[C@H]1COc2cc(Cl)ccc2N1. The van der Waals surface area contributed by atoms with E-state index in [1.54, 1.807) is 19.1 Å². The molecule has 4 nitrogen and oxygen atoms in total. The lowest BCUT2D eigenvalue weighted by Crippen LogP contribution is -2.33. The van der Waals surface area contributed by atoms with Gasteiger partial charge in [-0.05, 0) is 19.1 Å². The summed E-state index contributed by atoms with van der Waals surface area (Å²) in [5.41, 5.74) is 0.856. The third-order valence-corrected chi connectivity index (χ3v) is 2.70. The fourth-order valence-corrected chi connectivity index (χ4v) is 1.88. The second kappa shape index (κ2) is 5.27. The molecule has 1 aliphatic rings. The molecule has 2 rings (SSSR count). The number of halogens is 1. The molecule has 1 aliphatic heterocycles. The summed E-state index contributed by atoms with van der Waals surface area (Å²) in [6.45, 7) is 2.63. The lowest BCUT2D eigenvalue weighted by atomic mass is 10.1. The van der Waals surface area contributed by atoms with Crippen molar-refractivity contribution in [2.45, 2.75) is 19.4 Å². The van der Waals surface area contributed by atoms with Gasteiger partial charge < -0.3 is 14.8 Å². The van der Waals surface area contributed by atoms with Crippen LogP contribution in [-0.2, 0) is 9.53 Å². The summed E-state index contributed by atoms with van der Waals surface area (Å²) in [7, 11) is 0. The monoisotopic (exact) mass is 255 g/mol. The van der Waals surface area contributed by atoms with Gasteiger partial charge in [-0.3, -0.25) is 4.79 Å². The minimum atomic E-state index is -0.217. The van der Waals surface area contributed by atoms with Gasteiger partial charge in [-0.2, -0.15) is 0 Å². The van der Waals surface area contributed by atoms with Crippen molar-refractivity contribution in [3.63, 3.8) is 0 Å². The summed E-state index contributed by atoms with van der Waals surface area (Å²) >= 11 is 5.86. The zero-order chi connectivity index (χ0) is 12.3. The average molecular weight is 256 g/mol. The first kappa shape index (κ1) is 12.0. The van der Waals surface area contributed by atoms with E-state index in [0.717, 1.165) is 11.4 Å². The van der Waals surface area contributed by atoms with Crippen LogP contribution in [0.2, 0.25) is 5.02 Å². The number of hydrogen-bond donors (Lipinski definition) is 1. The first-order valence-corrected chi connectivity index (χ1v) is 5.91. The van der Waals surface area contributed by atoms with E-state index in [9.17, 15) is 4.79 Å². The lowest BCUT2D eigenvalue weighted by molar-refractivity contribution is -0.143. The molecule has 5 heteroatoms. The number of benzene rings is 1. The average Bonchev–Trinajstić information content (AvgIpc) is 2.29. The van der Waals surface area contributed by atoms with E-state index in [1.165, 1.54) is 0 Å². The Labute approximate surface area is 105 Å². The maximum Gasteiger partial charge on any atom is 0.307 e. The number of carbonyl (C=O) groups is 1. The molecular formula is C12H14ClNO3. The number of hydrogen-bond acceptors (Lipinski definition) is 4. The predicted molar refractivity (Wildman–Crippen MR) is 65.6 cm³/mol. The van der Waals surface area contributed by atoms with Gasteiger partial charge in [0.2, 0.25) is 0 Å². The van der Waals surface area contributed by atoms with Crippen molar-refractivity contribution in [3.8, 4) is 5.75 Å². The van der Waals surface area contributed by atoms with Crippen molar-refractivity contribution < 1.29 is 14.3 Å². The van der Waals surface area contributed by atoms with Crippen LogP contribution in [0, 0.1) is 0 Å². The molecule has 0 fully saturated rings. The van der Waals surface area contributed by atoms with Gasteiger partial charge in [0, 0.05) is 11.1 Å². The van der Waals surface area contributed by atoms with Crippen molar-refractivity contribution in [3.05, 3.63) is 23.2 Å². The molecule has 0 bridgehead atoms. The topological polar surface area (TPSA) is 47.6 Å². The molecule has 0 aliphatic carbocycles. The number of rotatable bonds is 3. The smallest absolute Gasteiger partial charge is 0.307 e. The number of ether oxygens (including phenoxy) is 2. The van der Waals surface area contributed by atoms with Gasteiger partial charge in [0.15, 0.2) is 0 Å². The molecule has 0 aromatic heterocycles. The van der Waals surface area contributed by atoms with E-state index >= 15 is 0 Å². The Balaban J connectivity index is 1.99. The summed E-state index contributed by atoms with van der Waals surface area (Å²) in [6.07, 6.45) is 0.301. The van der Waals surface area contributed by atoms with E-state index in [4.69, 9.17) is 21.1 Å². The number of nitrogens with one attached hydrogen (secondary N) is 1. The molecule has 0 radical (unpaired) electrons. The summed E-state index contributed by atoms with van der Waals surface area (Å²) in [6, 6.07) is 5.32. The molecule has 1 heterocycles. The van der Waals surface area contributed by atoms with Crippen LogP contribution in [0.25, 0.3) is 0 Å². The maximum atomic E-state index is 11.3. The lowest BCUT2D eigenvalue weighted by Gasteiger charge is -2.26. The Bertz CT molecular complexity index is 422. The van der Waals surface area contributed by atoms with Gasteiger partial charge in [-0.15, -0.1) is 0 Å². The highest BCUT2D eigenvalue weighted by Gasteiger charge is 2.21. The Kier molecular flexibility index (Phi) is 3.74. The van der Waals surface area contributed by atoms with Gasteiger partial charge in [-0.1, -0.05) is 11.6 Å². The van der Waals surface area contributed by atoms with Crippen LogP contribution >= 0.6 is 11.6 Å². The largest absolute Gasteiger partial charge is 0.489 e. The quantitative estimate of drug-likeness (QED) is 0.843. The molecule has 1 aromatic carbocycles. The molecule has 0 spiro atoms. The van der Waals surface area contributed by atoms with Gasteiger partial charge in [0.1, 0.15) is 12.4 Å². The van der Waals surface area contributed by atoms with E-state index < -0.39 is 0 Å². The Morgan fingerprint density at radius 2 is 2.47 bits per heavy atom. The molecule has 0 amide bonds. The third kappa shape index (κ3) is 3.03. The van der Waals surface area contributed by atoms with E-state index in [0.29, 0.717) is 24.7 Å². The van der Waals surface area contributed by atoms with E-state index in [1.807, 2.05) is 6.07 Å². The van der Waals surface area contributed by atoms with Crippen molar-refractivity contribution in [1.82, 2.24) is 0 Å². The maximum absolute atomic E-state index is 11.3. The van der Waals surface area contributed by atoms with Crippen LogP contribution in [-0.4, -0.2) is 25.2 Å². The second-order valence-corrected chi connectivity index (χ2v) is 4.24. The summed E-state index contributed by atoms with van der Waals surface area (Å²) in [5.74, 6) is 0.503. The summed E-state index contributed by atoms with van der Waals surface area (Å²) < 4.78 is 10.4. The predicted octanol–water partition coefficient (Wildman–Crippen LogP) is 2.47. The normalized spacial score (nSPS) is 17.6. The van der Waals surface area contributed by atoms with Gasteiger partial charge in [0.25, 0.3) is 0 Å². The fraction of sp³-hybridized carbons (Fsp3) is 0.417. The van der Waals surface area contributed by atoms with E-state index in [-0.39, 0.29) is 12.0 Å². The van der Waals surface area contributed by atoms with Crippen LogP contribution < -0.4 is 10.1 Å². The Morgan fingerprint density at radius 3 is 3.24 bits per heavy atom. The van der Waals surface area contributed by atoms with Gasteiger partial charge in [0.05, 0.1) is 24.8 Å².